The molecule has 1 amide bonds. The lowest BCUT2D eigenvalue weighted by atomic mass is 9.93. The molecule has 0 saturated carbocycles. The summed E-state index contributed by atoms with van der Waals surface area (Å²) in [6, 6.07) is 8.36. The van der Waals surface area contributed by atoms with Crippen molar-refractivity contribution in [2.45, 2.75) is 12.8 Å². The highest BCUT2D eigenvalue weighted by atomic mass is 16.1. The van der Waals surface area contributed by atoms with Gasteiger partial charge in [0.1, 0.15) is 0 Å². The molecular formula is C20H23N7O. The molecule has 0 bridgehead atoms. The number of carbonyl (C=O) groups excluding carboxylic acids is 1. The zero-order valence-corrected chi connectivity index (χ0v) is 15.9. The standard InChI is InChI=1S/C20H23N7O/c1-25-8-10-26(11-9-25)13-2-4-14(5-3-13)27-19-15(18(24-27)20(21)28)6-7-17-16(19)12-22-23-17/h2-5,12H,6-11H2,1H3,(H2,21,28)(H,22,23). The Bertz CT molecular complexity index is 1030. The van der Waals surface area contributed by atoms with Crippen molar-refractivity contribution in [3.05, 3.63) is 47.4 Å². The number of hydrogen-bond donors (Lipinski definition) is 2. The molecule has 28 heavy (non-hydrogen) atoms. The predicted octanol–water partition coefficient (Wildman–Crippen LogP) is 1.21. The molecule has 0 atom stereocenters. The second kappa shape index (κ2) is 6.49. The summed E-state index contributed by atoms with van der Waals surface area (Å²) in [6.07, 6.45) is 3.33. The number of rotatable bonds is 3. The second-order valence-electron chi connectivity index (χ2n) is 7.52. The fraction of sp³-hybridized carbons (Fsp3) is 0.350. The first kappa shape index (κ1) is 17.0. The van der Waals surface area contributed by atoms with Gasteiger partial charge < -0.3 is 15.5 Å². The summed E-state index contributed by atoms with van der Waals surface area (Å²) in [6.45, 7) is 4.19. The summed E-state index contributed by atoms with van der Waals surface area (Å²) in [5.74, 6) is -0.490. The largest absolute Gasteiger partial charge is 0.369 e. The highest BCUT2D eigenvalue weighted by Gasteiger charge is 2.29. The van der Waals surface area contributed by atoms with Crippen LogP contribution < -0.4 is 10.6 Å². The number of primary amides is 1. The number of nitrogens with two attached hydrogens (primary N) is 1. The highest BCUT2D eigenvalue weighted by Crippen LogP contribution is 2.36. The van der Waals surface area contributed by atoms with E-state index in [9.17, 15) is 4.79 Å². The first-order chi connectivity index (χ1) is 13.6. The monoisotopic (exact) mass is 377 g/mol. The van der Waals surface area contributed by atoms with Gasteiger partial charge >= 0.3 is 0 Å². The van der Waals surface area contributed by atoms with Crippen LogP contribution in [0.1, 0.15) is 21.7 Å². The molecule has 8 nitrogen and oxygen atoms in total. The Kier molecular flexibility index (Phi) is 3.94. The van der Waals surface area contributed by atoms with Crippen molar-refractivity contribution in [2.75, 3.05) is 38.1 Å². The van der Waals surface area contributed by atoms with Crippen LogP contribution in [0.5, 0.6) is 0 Å². The number of hydrogen-bond acceptors (Lipinski definition) is 5. The number of nitrogens with zero attached hydrogens (tertiary/aromatic N) is 5. The number of likely N-dealkylation sites (N-methyl/N-ethyl adjacent to an activating group) is 1. The van der Waals surface area contributed by atoms with Gasteiger partial charge in [0.15, 0.2) is 5.69 Å². The molecule has 2 aromatic heterocycles. The molecule has 1 fully saturated rings. The lowest BCUT2D eigenvalue weighted by Gasteiger charge is -2.34. The minimum Gasteiger partial charge on any atom is -0.369 e. The van der Waals surface area contributed by atoms with E-state index in [1.54, 1.807) is 6.20 Å². The van der Waals surface area contributed by atoms with Crippen molar-refractivity contribution in [3.8, 4) is 16.9 Å². The Morgan fingerprint density at radius 1 is 1.07 bits per heavy atom. The van der Waals surface area contributed by atoms with Crippen LogP contribution in [0.4, 0.5) is 5.69 Å². The first-order valence-electron chi connectivity index (χ1n) is 9.60. The van der Waals surface area contributed by atoms with Crippen LogP contribution in [0.25, 0.3) is 16.9 Å². The molecule has 3 aromatic rings. The third kappa shape index (κ3) is 2.68. The molecular weight excluding hydrogens is 354 g/mol. The fourth-order valence-electron chi connectivity index (χ4n) is 4.18. The summed E-state index contributed by atoms with van der Waals surface area (Å²) in [5, 5.41) is 11.8. The van der Waals surface area contributed by atoms with E-state index in [4.69, 9.17) is 5.73 Å². The molecule has 1 aromatic carbocycles. The summed E-state index contributed by atoms with van der Waals surface area (Å²) in [5.41, 5.74) is 12.0. The van der Waals surface area contributed by atoms with E-state index in [0.29, 0.717) is 5.69 Å². The quantitative estimate of drug-likeness (QED) is 0.715. The minimum atomic E-state index is -0.490. The Balaban J connectivity index is 1.54. The molecule has 3 heterocycles. The number of piperazine rings is 1. The summed E-state index contributed by atoms with van der Waals surface area (Å²) in [7, 11) is 2.15. The summed E-state index contributed by atoms with van der Waals surface area (Å²) in [4.78, 5) is 16.7. The van der Waals surface area contributed by atoms with Crippen LogP contribution in [0.2, 0.25) is 0 Å². The lowest BCUT2D eigenvalue weighted by molar-refractivity contribution is 0.0994. The van der Waals surface area contributed by atoms with E-state index in [0.717, 1.165) is 67.2 Å². The van der Waals surface area contributed by atoms with E-state index in [1.807, 2.05) is 4.68 Å². The van der Waals surface area contributed by atoms with E-state index in [2.05, 4.69) is 56.4 Å². The van der Waals surface area contributed by atoms with E-state index >= 15 is 0 Å². The maximum absolute atomic E-state index is 12.0. The third-order valence-corrected chi connectivity index (χ3v) is 5.78. The van der Waals surface area contributed by atoms with Gasteiger partial charge in [0.05, 0.1) is 17.6 Å². The van der Waals surface area contributed by atoms with Gasteiger partial charge in [-0.2, -0.15) is 10.2 Å². The Morgan fingerprint density at radius 2 is 1.79 bits per heavy atom. The van der Waals surface area contributed by atoms with Crippen LogP contribution in [0.3, 0.4) is 0 Å². The molecule has 1 aliphatic heterocycles. The highest BCUT2D eigenvalue weighted by molar-refractivity contribution is 5.95. The molecule has 1 aliphatic carbocycles. The molecule has 0 spiro atoms. The van der Waals surface area contributed by atoms with Crippen molar-refractivity contribution in [1.82, 2.24) is 24.9 Å². The number of aryl methyl sites for hydroxylation is 1. The van der Waals surface area contributed by atoms with Crippen LogP contribution in [-0.4, -0.2) is 64.0 Å². The van der Waals surface area contributed by atoms with Crippen molar-refractivity contribution >= 4 is 11.6 Å². The van der Waals surface area contributed by atoms with Crippen LogP contribution in [-0.2, 0) is 12.8 Å². The molecule has 5 rings (SSSR count). The van der Waals surface area contributed by atoms with Gasteiger partial charge in [-0.1, -0.05) is 0 Å². The smallest absolute Gasteiger partial charge is 0.269 e. The molecule has 144 valence electrons. The topological polar surface area (TPSA) is 96.1 Å². The maximum Gasteiger partial charge on any atom is 0.269 e. The average Bonchev–Trinajstić information content (AvgIpc) is 3.33. The number of amides is 1. The number of carbonyl (C=O) groups is 1. The van der Waals surface area contributed by atoms with E-state index in [-0.39, 0.29) is 0 Å². The third-order valence-electron chi connectivity index (χ3n) is 5.78. The first-order valence-corrected chi connectivity index (χ1v) is 9.60. The molecule has 0 radical (unpaired) electrons. The van der Waals surface area contributed by atoms with Gasteiger partial charge in [0.2, 0.25) is 0 Å². The van der Waals surface area contributed by atoms with Gasteiger partial charge in [0, 0.05) is 48.7 Å². The number of nitrogens with one attached hydrogen (secondary N) is 1. The van der Waals surface area contributed by atoms with Crippen LogP contribution in [0.15, 0.2) is 30.5 Å². The SMILES string of the molecule is CN1CCN(c2ccc(-n3nc(C(N)=O)c4c3-c3cn[nH]c3CC4)cc2)CC1. The molecule has 1 saturated heterocycles. The maximum atomic E-state index is 12.0. The average molecular weight is 377 g/mol. The normalized spacial score (nSPS) is 16.7. The van der Waals surface area contributed by atoms with Gasteiger partial charge in [-0.25, -0.2) is 4.68 Å². The van der Waals surface area contributed by atoms with Gasteiger partial charge in [-0.3, -0.25) is 9.89 Å². The zero-order valence-electron chi connectivity index (χ0n) is 15.9. The molecule has 8 heteroatoms. The van der Waals surface area contributed by atoms with E-state index in [1.165, 1.54) is 5.69 Å². The van der Waals surface area contributed by atoms with Gasteiger partial charge in [-0.05, 0) is 44.2 Å². The van der Waals surface area contributed by atoms with Crippen molar-refractivity contribution < 1.29 is 4.79 Å². The van der Waals surface area contributed by atoms with Crippen LogP contribution in [0, 0.1) is 0 Å². The van der Waals surface area contributed by atoms with Crippen molar-refractivity contribution in [3.63, 3.8) is 0 Å². The van der Waals surface area contributed by atoms with Gasteiger partial charge in [-0.15, -0.1) is 0 Å². The van der Waals surface area contributed by atoms with E-state index < -0.39 is 5.91 Å². The minimum absolute atomic E-state index is 0.352. The van der Waals surface area contributed by atoms with Crippen LogP contribution >= 0.6 is 0 Å². The lowest BCUT2D eigenvalue weighted by Crippen LogP contribution is -2.44. The molecule has 2 aliphatic rings. The van der Waals surface area contributed by atoms with Crippen molar-refractivity contribution in [2.24, 2.45) is 5.73 Å². The van der Waals surface area contributed by atoms with Gasteiger partial charge in [0.25, 0.3) is 5.91 Å². The second-order valence-corrected chi connectivity index (χ2v) is 7.52. The predicted molar refractivity (Wildman–Crippen MR) is 107 cm³/mol. The number of H-pyrrole nitrogens is 1. The zero-order chi connectivity index (χ0) is 19.3. The number of fused-ring (bicyclic) bond motifs is 3. The van der Waals surface area contributed by atoms with Crippen molar-refractivity contribution in [1.29, 1.82) is 0 Å². The number of aromatic nitrogens is 4. The number of anilines is 1. The Labute approximate surface area is 162 Å². The summed E-state index contributed by atoms with van der Waals surface area (Å²) < 4.78 is 1.83. The number of aromatic amines is 1. The summed E-state index contributed by atoms with van der Waals surface area (Å²) >= 11 is 0. The fourth-order valence-corrected chi connectivity index (χ4v) is 4.18. The Morgan fingerprint density at radius 3 is 2.50 bits per heavy atom. The molecule has 3 N–H and O–H groups in total. The number of benzene rings is 1. The molecule has 0 unspecified atom stereocenters. The Hall–Kier alpha value is -3.13.